The minimum atomic E-state index is 0.447. The molecule has 86 valence electrons. The van der Waals surface area contributed by atoms with E-state index < -0.39 is 0 Å². The first kappa shape index (κ1) is 11.1. The highest BCUT2D eigenvalue weighted by Crippen LogP contribution is 2.23. The van der Waals surface area contributed by atoms with Gasteiger partial charge in [-0.2, -0.15) is 0 Å². The van der Waals surface area contributed by atoms with Crippen molar-refractivity contribution in [3.63, 3.8) is 0 Å². The van der Waals surface area contributed by atoms with E-state index in [1.165, 1.54) is 25.7 Å². The number of carbonyl (C=O) groups excluding carboxylic acids is 1. The van der Waals surface area contributed by atoms with Crippen molar-refractivity contribution in [2.75, 3.05) is 5.32 Å². The molecule has 1 aliphatic carbocycles. The van der Waals surface area contributed by atoms with Gasteiger partial charge in [0.2, 0.25) is 0 Å². The molecule has 2 rings (SSSR count). The van der Waals surface area contributed by atoms with Gasteiger partial charge in [0.25, 0.3) is 0 Å². The maximum absolute atomic E-state index is 10.6. The number of nitrogens with zero attached hydrogens (tertiary/aromatic N) is 1. The molecule has 0 saturated heterocycles. The highest BCUT2D eigenvalue weighted by molar-refractivity contribution is 5.60. The molecule has 0 aliphatic heterocycles. The molecule has 1 fully saturated rings. The molecular formula is C13H18N2O. The summed E-state index contributed by atoms with van der Waals surface area (Å²) in [5.74, 6) is 0.902. The topological polar surface area (TPSA) is 42.0 Å². The quantitative estimate of drug-likeness (QED) is 0.789. The predicted molar refractivity (Wildman–Crippen MR) is 64.6 cm³/mol. The van der Waals surface area contributed by atoms with Crippen molar-refractivity contribution in [2.45, 2.75) is 45.1 Å². The molecule has 0 bridgehead atoms. The standard InChI is InChI=1S/C13H18N2O/c1-10-6-7-11(8-9-16)13(14-10)15-12-4-2-3-5-12/h6-7,9,12H,2-5,8H2,1H3,(H,14,15). The fourth-order valence-electron chi connectivity index (χ4n) is 2.23. The third-order valence-electron chi connectivity index (χ3n) is 3.12. The average molecular weight is 218 g/mol. The first-order chi connectivity index (χ1) is 7.79. The number of hydrogen-bond acceptors (Lipinski definition) is 3. The molecular weight excluding hydrogens is 200 g/mol. The van der Waals surface area contributed by atoms with Crippen LogP contribution in [0.5, 0.6) is 0 Å². The van der Waals surface area contributed by atoms with Crippen LogP contribution in [-0.2, 0) is 11.2 Å². The summed E-state index contributed by atoms with van der Waals surface area (Å²) in [5.41, 5.74) is 2.00. The number of pyridine rings is 1. The summed E-state index contributed by atoms with van der Waals surface area (Å²) in [7, 11) is 0. The van der Waals surface area contributed by atoms with Gasteiger partial charge in [0.1, 0.15) is 12.1 Å². The van der Waals surface area contributed by atoms with Gasteiger partial charge in [0.15, 0.2) is 0 Å². The van der Waals surface area contributed by atoms with E-state index in [2.05, 4.69) is 10.3 Å². The highest BCUT2D eigenvalue weighted by atomic mass is 16.1. The summed E-state index contributed by atoms with van der Waals surface area (Å²) in [6, 6.07) is 4.49. The Morgan fingerprint density at radius 3 is 2.88 bits per heavy atom. The third-order valence-corrected chi connectivity index (χ3v) is 3.12. The van der Waals surface area contributed by atoms with Gasteiger partial charge in [0, 0.05) is 23.7 Å². The summed E-state index contributed by atoms with van der Waals surface area (Å²) >= 11 is 0. The third kappa shape index (κ3) is 2.60. The van der Waals surface area contributed by atoms with Crippen molar-refractivity contribution in [1.29, 1.82) is 0 Å². The number of aldehydes is 1. The Hall–Kier alpha value is -1.38. The number of rotatable bonds is 4. The van der Waals surface area contributed by atoms with Gasteiger partial charge in [-0.25, -0.2) is 4.98 Å². The lowest BCUT2D eigenvalue weighted by Crippen LogP contribution is -2.17. The minimum absolute atomic E-state index is 0.447. The molecule has 0 unspecified atom stereocenters. The number of aryl methyl sites for hydroxylation is 1. The number of hydrogen-bond donors (Lipinski definition) is 1. The lowest BCUT2D eigenvalue weighted by atomic mass is 10.1. The first-order valence-electron chi connectivity index (χ1n) is 5.96. The summed E-state index contributed by atoms with van der Waals surface area (Å²) in [6.45, 7) is 1.98. The fraction of sp³-hybridized carbons (Fsp3) is 0.538. The Morgan fingerprint density at radius 2 is 2.19 bits per heavy atom. The van der Waals surface area contributed by atoms with Gasteiger partial charge in [-0.1, -0.05) is 18.9 Å². The molecule has 0 amide bonds. The van der Waals surface area contributed by atoms with Gasteiger partial charge < -0.3 is 10.1 Å². The number of aromatic nitrogens is 1. The Bertz CT molecular complexity index is 370. The Morgan fingerprint density at radius 1 is 1.44 bits per heavy atom. The van der Waals surface area contributed by atoms with Crippen molar-refractivity contribution in [1.82, 2.24) is 4.98 Å². The molecule has 1 saturated carbocycles. The zero-order valence-corrected chi connectivity index (χ0v) is 9.70. The van der Waals surface area contributed by atoms with Crippen molar-refractivity contribution in [3.05, 3.63) is 23.4 Å². The van der Waals surface area contributed by atoms with Crippen LogP contribution in [0, 0.1) is 6.92 Å². The SMILES string of the molecule is Cc1ccc(CC=O)c(NC2CCCC2)n1. The second kappa shape index (κ2) is 5.10. The molecule has 0 radical (unpaired) electrons. The van der Waals surface area contributed by atoms with Crippen LogP contribution in [0.3, 0.4) is 0 Å². The molecule has 1 aliphatic rings. The van der Waals surface area contributed by atoms with Gasteiger partial charge in [-0.05, 0) is 25.8 Å². The molecule has 1 heterocycles. The van der Waals surface area contributed by atoms with E-state index in [0.29, 0.717) is 12.5 Å². The number of nitrogens with one attached hydrogen (secondary N) is 1. The zero-order valence-electron chi connectivity index (χ0n) is 9.70. The average Bonchev–Trinajstić information content (AvgIpc) is 2.75. The normalized spacial score (nSPS) is 16.3. The molecule has 0 spiro atoms. The van der Waals surface area contributed by atoms with Crippen LogP contribution in [0.15, 0.2) is 12.1 Å². The fourth-order valence-corrected chi connectivity index (χ4v) is 2.23. The maximum atomic E-state index is 10.6. The van der Waals surface area contributed by atoms with Gasteiger partial charge >= 0.3 is 0 Å². The van der Waals surface area contributed by atoms with Gasteiger partial charge in [-0.15, -0.1) is 0 Å². The molecule has 16 heavy (non-hydrogen) atoms. The Kier molecular flexibility index (Phi) is 3.54. The molecule has 1 aromatic rings. The number of carbonyl (C=O) groups is 1. The summed E-state index contributed by atoms with van der Waals surface area (Å²) in [6.07, 6.45) is 6.42. The van der Waals surface area contributed by atoms with Gasteiger partial charge in [0.05, 0.1) is 0 Å². The van der Waals surface area contributed by atoms with E-state index in [4.69, 9.17) is 0 Å². The van der Waals surface area contributed by atoms with Crippen LogP contribution in [0.4, 0.5) is 5.82 Å². The van der Waals surface area contributed by atoms with E-state index in [-0.39, 0.29) is 0 Å². The van der Waals surface area contributed by atoms with Crippen LogP contribution in [0.2, 0.25) is 0 Å². The van der Waals surface area contributed by atoms with E-state index in [1.54, 1.807) is 0 Å². The van der Waals surface area contributed by atoms with E-state index >= 15 is 0 Å². The van der Waals surface area contributed by atoms with Crippen LogP contribution in [-0.4, -0.2) is 17.3 Å². The van der Waals surface area contributed by atoms with E-state index in [0.717, 1.165) is 23.4 Å². The highest BCUT2D eigenvalue weighted by Gasteiger charge is 2.16. The maximum Gasteiger partial charge on any atom is 0.130 e. The lowest BCUT2D eigenvalue weighted by molar-refractivity contribution is -0.107. The van der Waals surface area contributed by atoms with Crippen LogP contribution in [0.1, 0.15) is 36.9 Å². The number of anilines is 1. The molecule has 0 aromatic carbocycles. The summed E-state index contributed by atoms with van der Waals surface area (Å²) in [5, 5.41) is 3.47. The smallest absolute Gasteiger partial charge is 0.130 e. The van der Waals surface area contributed by atoms with Crippen LogP contribution >= 0.6 is 0 Å². The van der Waals surface area contributed by atoms with E-state index in [1.807, 2.05) is 19.1 Å². The molecule has 1 N–H and O–H groups in total. The minimum Gasteiger partial charge on any atom is -0.367 e. The monoisotopic (exact) mass is 218 g/mol. The van der Waals surface area contributed by atoms with Crippen molar-refractivity contribution in [3.8, 4) is 0 Å². The summed E-state index contributed by atoms with van der Waals surface area (Å²) < 4.78 is 0. The predicted octanol–water partition coefficient (Wildman–Crippen LogP) is 2.49. The Balaban J connectivity index is 2.15. The molecule has 1 aromatic heterocycles. The second-order valence-corrected chi connectivity index (χ2v) is 4.46. The second-order valence-electron chi connectivity index (χ2n) is 4.46. The van der Waals surface area contributed by atoms with Crippen LogP contribution < -0.4 is 5.32 Å². The van der Waals surface area contributed by atoms with Crippen molar-refractivity contribution >= 4 is 12.1 Å². The van der Waals surface area contributed by atoms with Crippen LogP contribution in [0.25, 0.3) is 0 Å². The zero-order chi connectivity index (χ0) is 11.4. The van der Waals surface area contributed by atoms with Crippen molar-refractivity contribution < 1.29 is 4.79 Å². The Labute approximate surface area is 96.3 Å². The van der Waals surface area contributed by atoms with E-state index in [9.17, 15) is 4.79 Å². The molecule has 0 atom stereocenters. The first-order valence-corrected chi connectivity index (χ1v) is 5.96. The molecule has 3 heteroatoms. The largest absolute Gasteiger partial charge is 0.367 e. The molecule has 3 nitrogen and oxygen atoms in total. The van der Waals surface area contributed by atoms with Crippen molar-refractivity contribution in [2.24, 2.45) is 0 Å². The summed E-state index contributed by atoms with van der Waals surface area (Å²) in [4.78, 5) is 15.1. The lowest BCUT2D eigenvalue weighted by Gasteiger charge is -2.15. The van der Waals surface area contributed by atoms with Gasteiger partial charge in [-0.3, -0.25) is 0 Å².